The lowest BCUT2D eigenvalue weighted by Gasteiger charge is -2.30. The van der Waals surface area contributed by atoms with Gasteiger partial charge in [-0.25, -0.2) is 0 Å². The van der Waals surface area contributed by atoms with E-state index in [0.29, 0.717) is 0 Å². The third kappa shape index (κ3) is 1.45. The maximum atomic E-state index is 6.13. The van der Waals surface area contributed by atoms with Gasteiger partial charge < -0.3 is 5.73 Å². The zero-order valence-corrected chi connectivity index (χ0v) is 9.20. The maximum Gasteiger partial charge on any atom is 0.0429 e. The van der Waals surface area contributed by atoms with Gasteiger partial charge in [0.15, 0.2) is 0 Å². The summed E-state index contributed by atoms with van der Waals surface area (Å²) in [6.07, 6.45) is 3.98. The normalized spacial score (nSPS) is 20.5. The Morgan fingerprint density at radius 2 is 2.33 bits per heavy atom. The Morgan fingerprint density at radius 1 is 1.58 bits per heavy atom. The summed E-state index contributed by atoms with van der Waals surface area (Å²) in [6, 6.07) is 2.35. The Labute approximate surface area is 85.1 Å². The van der Waals surface area contributed by atoms with Gasteiger partial charge in [0.1, 0.15) is 0 Å². The minimum Gasteiger partial charge on any atom is -0.323 e. The SMILES string of the molecule is NC(c1sccc1Br)C1CCC1. The molecule has 0 saturated heterocycles. The summed E-state index contributed by atoms with van der Waals surface area (Å²) in [5, 5.41) is 2.10. The largest absolute Gasteiger partial charge is 0.323 e. The Bertz CT molecular complexity index is 267. The second kappa shape index (κ2) is 3.48. The second-order valence-electron chi connectivity index (χ2n) is 3.35. The number of hydrogen-bond donors (Lipinski definition) is 1. The first-order chi connectivity index (χ1) is 5.79. The number of rotatable bonds is 2. The smallest absolute Gasteiger partial charge is 0.0429 e. The molecule has 2 rings (SSSR count). The Balaban J connectivity index is 2.13. The summed E-state index contributed by atoms with van der Waals surface area (Å²) < 4.78 is 1.19. The van der Waals surface area contributed by atoms with Crippen LogP contribution >= 0.6 is 27.3 Å². The molecule has 1 heterocycles. The summed E-state index contributed by atoms with van der Waals surface area (Å²) in [7, 11) is 0. The van der Waals surface area contributed by atoms with Crippen molar-refractivity contribution >= 4 is 27.3 Å². The lowest BCUT2D eigenvalue weighted by Crippen LogP contribution is -2.26. The highest BCUT2D eigenvalue weighted by atomic mass is 79.9. The summed E-state index contributed by atoms with van der Waals surface area (Å²) in [4.78, 5) is 1.32. The van der Waals surface area contributed by atoms with Crippen LogP contribution in [0.15, 0.2) is 15.9 Å². The molecule has 1 unspecified atom stereocenters. The topological polar surface area (TPSA) is 26.0 Å². The van der Waals surface area contributed by atoms with E-state index in [1.54, 1.807) is 11.3 Å². The summed E-state index contributed by atoms with van der Waals surface area (Å²) >= 11 is 5.28. The van der Waals surface area contributed by atoms with E-state index >= 15 is 0 Å². The molecule has 0 aromatic carbocycles. The van der Waals surface area contributed by atoms with Crippen molar-refractivity contribution in [1.29, 1.82) is 0 Å². The van der Waals surface area contributed by atoms with E-state index in [4.69, 9.17) is 5.73 Å². The molecule has 1 fully saturated rings. The molecule has 3 heteroatoms. The van der Waals surface area contributed by atoms with Gasteiger partial charge in [-0.2, -0.15) is 0 Å². The minimum absolute atomic E-state index is 0.271. The molecule has 1 aliphatic carbocycles. The van der Waals surface area contributed by atoms with Crippen molar-refractivity contribution in [2.24, 2.45) is 11.7 Å². The Kier molecular flexibility index (Phi) is 2.53. The zero-order chi connectivity index (χ0) is 8.55. The van der Waals surface area contributed by atoms with Crippen LogP contribution in [0.25, 0.3) is 0 Å². The molecule has 1 saturated carbocycles. The molecule has 1 aromatic heterocycles. The first kappa shape index (κ1) is 8.73. The minimum atomic E-state index is 0.271. The molecule has 0 radical (unpaired) electrons. The molecule has 1 aliphatic rings. The number of nitrogens with two attached hydrogens (primary N) is 1. The maximum absolute atomic E-state index is 6.13. The van der Waals surface area contributed by atoms with E-state index in [1.165, 1.54) is 28.6 Å². The monoisotopic (exact) mass is 245 g/mol. The molecule has 0 amide bonds. The zero-order valence-electron chi connectivity index (χ0n) is 6.79. The summed E-state index contributed by atoms with van der Waals surface area (Å²) in [5.74, 6) is 0.736. The van der Waals surface area contributed by atoms with Crippen LogP contribution in [0.4, 0.5) is 0 Å². The molecule has 1 atom stereocenters. The standard InChI is InChI=1S/C9H12BrNS/c10-7-4-5-12-9(7)8(11)6-2-1-3-6/h4-6,8H,1-3,11H2. The van der Waals surface area contributed by atoms with E-state index < -0.39 is 0 Å². The van der Waals surface area contributed by atoms with Crippen LogP contribution in [0.1, 0.15) is 30.2 Å². The third-order valence-electron chi connectivity index (χ3n) is 2.61. The van der Waals surface area contributed by atoms with Crippen molar-refractivity contribution in [2.75, 3.05) is 0 Å². The van der Waals surface area contributed by atoms with E-state index in [0.717, 1.165) is 5.92 Å². The Hall–Kier alpha value is 0.140. The summed E-state index contributed by atoms with van der Waals surface area (Å²) in [6.45, 7) is 0. The van der Waals surface area contributed by atoms with Crippen LogP contribution in [-0.4, -0.2) is 0 Å². The van der Waals surface area contributed by atoms with Crippen LogP contribution in [0.3, 0.4) is 0 Å². The first-order valence-electron chi connectivity index (χ1n) is 4.27. The molecule has 1 nitrogen and oxygen atoms in total. The highest BCUT2D eigenvalue weighted by molar-refractivity contribution is 9.10. The van der Waals surface area contributed by atoms with Crippen molar-refractivity contribution in [2.45, 2.75) is 25.3 Å². The number of hydrogen-bond acceptors (Lipinski definition) is 2. The van der Waals surface area contributed by atoms with Crippen molar-refractivity contribution in [1.82, 2.24) is 0 Å². The van der Waals surface area contributed by atoms with Gasteiger partial charge in [-0.3, -0.25) is 0 Å². The van der Waals surface area contributed by atoms with Gasteiger partial charge in [0, 0.05) is 15.4 Å². The van der Waals surface area contributed by atoms with Gasteiger partial charge in [0.2, 0.25) is 0 Å². The van der Waals surface area contributed by atoms with Gasteiger partial charge in [-0.15, -0.1) is 11.3 Å². The molecule has 0 aliphatic heterocycles. The van der Waals surface area contributed by atoms with Crippen molar-refractivity contribution < 1.29 is 0 Å². The van der Waals surface area contributed by atoms with Crippen LogP contribution in [-0.2, 0) is 0 Å². The van der Waals surface area contributed by atoms with Gasteiger partial charge in [0.25, 0.3) is 0 Å². The highest BCUT2D eigenvalue weighted by Crippen LogP contribution is 2.40. The fourth-order valence-corrected chi connectivity index (χ4v) is 3.29. The van der Waals surface area contributed by atoms with E-state index in [2.05, 4.69) is 27.4 Å². The average molecular weight is 246 g/mol. The van der Waals surface area contributed by atoms with Crippen LogP contribution in [0.2, 0.25) is 0 Å². The molecule has 66 valence electrons. The van der Waals surface area contributed by atoms with Crippen molar-refractivity contribution in [3.05, 3.63) is 20.8 Å². The van der Waals surface area contributed by atoms with Gasteiger partial charge in [0.05, 0.1) is 0 Å². The van der Waals surface area contributed by atoms with Crippen molar-refractivity contribution in [3.63, 3.8) is 0 Å². The molecule has 2 N–H and O–H groups in total. The molecule has 1 aromatic rings. The molecule has 0 spiro atoms. The lowest BCUT2D eigenvalue weighted by atomic mass is 9.79. The molecule has 0 bridgehead atoms. The van der Waals surface area contributed by atoms with E-state index in [9.17, 15) is 0 Å². The summed E-state index contributed by atoms with van der Waals surface area (Å²) in [5.41, 5.74) is 6.13. The van der Waals surface area contributed by atoms with E-state index in [1.807, 2.05) is 0 Å². The quantitative estimate of drug-likeness (QED) is 0.851. The molecular formula is C9H12BrNS. The number of thiophene rings is 1. The predicted molar refractivity (Wildman–Crippen MR) is 56.3 cm³/mol. The highest BCUT2D eigenvalue weighted by Gasteiger charge is 2.27. The third-order valence-corrected chi connectivity index (χ3v) is 4.58. The van der Waals surface area contributed by atoms with Crippen LogP contribution in [0.5, 0.6) is 0 Å². The van der Waals surface area contributed by atoms with E-state index in [-0.39, 0.29) is 6.04 Å². The number of halogens is 1. The first-order valence-corrected chi connectivity index (χ1v) is 5.95. The van der Waals surface area contributed by atoms with Crippen molar-refractivity contribution in [3.8, 4) is 0 Å². The van der Waals surface area contributed by atoms with Gasteiger partial charge in [-0.1, -0.05) is 6.42 Å². The predicted octanol–water partition coefficient (Wildman–Crippen LogP) is 3.31. The lowest BCUT2D eigenvalue weighted by molar-refractivity contribution is 0.266. The van der Waals surface area contributed by atoms with Gasteiger partial charge in [-0.05, 0) is 46.1 Å². The van der Waals surface area contributed by atoms with Crippen LogP contribution < -0.4 is 5.73 Å². The molecular weight excluding hydrogens is 234 g/mol. The second-order valence-corrected chi connectivity index (χ2v) is 5.15. The van der Waals surface area contributed by atoms with Gasteiger partial charge >= 0.3 is 0 Å². The fraction of sp³-hybridized carbons (Fsp3) is 0.556. The Morgan fingerprint density at radius 3 is 2.75 bits per heavy atom. The molecule has 12 heavy (non-hydrogen) atoms. The average Bonchev–Trinajstić information content (AvgIpc) is 2.31. The fourth-order valence-electron chi connectivity index (χ4n) is 1.56. The van der Waals surface area contributed by atoms with Crippen LogP contribution in [0, 0.1) is 5.92 Å².